The number of benzene rings is 1. The van der Waals surface area contributed by atoms with Gasteiger partial charge in [-0.3, -0.25) is 14.4 Å². The molecular formula is C20H22N2O6. The fraction of sp³-hybridized carbons (Fsp3) is 0.350. The number of ether oxygens (including phenoxy) is 1. The van der Waals surface area contributed by atoms with Crippen LogP contribution in [0.15, 0.2) is 46.9 Å². The second-order valence-electron chi connectivity index (χ2n) is 6.71. The van der Waals surface area contributed by atoms with Gasteiger partial charge in [-0.15, -0.1) is 0 Å². The lowest BCUT2D eigenvalue weighted by molar-refractivity contribution is -0.145. The van der Waals surface area contributed by atoms with Gasteiger partial charge in [0.15, 0.2) is 5.76 Å². The number of aliphatic carboxylic acids is 1. The van der Waals surface area contributed by atoms with Gasteiger partial charge in [0.1, 0.15) is 5.75 Å². The van der Waals surface area contributed by atoms with E-state index < -0.39 is 17.8 Å². The topological polar surface area (TPSA) is 100 Å². The summed E-state index contributed by atoms with van der Waals surface area (Å²) in [5.74, 6) is -1.38. The molecule has 1 aliphatic heterocycles. The van der Waals surface area contributed by atoms with Crippen molar-refractivity contribution in [3.8, 4) is 11.7 Å². The number of likely N-dealkylation sites (N-methyl/N-ethyl adjacent to an activating group) is 1. The minimum Gasteiger partial charge on any atom is -0.481 e. The van der Waals surface area contributed by atoms with Gasteiger partial charge in [-0.25, -0.2) is 0 Å². The van der Waals surface area contributed by atoms with E-state index in [-0.39, 0.29) is 30.7 Å². The van der Waals surface area contributed by atoms with Crippen LogP contribution in [0.5, 0.6) is 11.7 Å². The third-order valence-corrected chi connectivity index (χ3v) is 4.60. The van der Waals surface area contributed by atoms with Crippen molar-refractivity contribution < 1.29 is 28.6 Å². The van der Waals surface area contributed by atoms with Gasteiger partial charge in [0, 0.05) is 26.2 Å². The second-order valence-corrected chi connectivity index (χ2v) is 6.71. The van der Waals surface area contributed by atoms with E-state index in [9.17, 15) is 14.4 Å². The summed E-state index contributed by atoms with van der Waals surface area (Å²) in [7, 11) is 1.50. The standard InChI is InChI=1S/C20H22N2O6/c1-21(13-17(23)22-11-5-6-14(12-22)20(25)26)19(24)16-9-10-18(28-16)27-15-7-3-2-4-8-15/h2-4,7-10,14H,5-6,11-13H2,1H3,(H,25,26). The summed E-state index contributed by atoms with van der Waals surface area (Å²) in [6, 6.07) is 12.0. The zero-order chi connectivity index (χ0) is 20.1. The van der Waals surface area contributed by atoms with Gasteiger partial charge >= 0.3 is 5.97 Å². The molecular weight excluding hydrogens is 364 g/mol. The van der Waals surface area contributed by atoms with Crippen LogP contribution in [0.2, 0.25) is 0 Å². The summed E-state index contributed by atoms with van der Waals surface area (Å²) >= 11 is 0. The van der Waals surface area contributed by atoms with Crippen molar-refractivity contribution in [2.45, 2.75) is 12.8 Å². The Balaban J connectivity index is 1.57. The van der Waals surface area contributed by atoms with E-state index in [2.05, 4.69) is 0 Å². The number of para-hydroxylation sites is 1. The molecule has 1 aromatic heterocycles. The van der Waals surface area contributed by atoms with Gasteiger partial charge in [0.25, 0.3) is 11.9 Å². The first kappa shape index (κ1) is 19.5. The molecule has 28 heavy (non-hydrogen) atoms. The van der Waals surface area contributed by atoms with Crippen molar-refractivity contribution in [3.63, 3.8) is 0 Å². The molecule has 148 valence electrons. The van der Waals surface area contributed by atoms with Gasteiger partial charge < -0.3 is 24.1 Å². The Morgan fingerprint density at radius 2 is 1.96 bits per heavy atom. The Bertz CT molecular complexity index is 847. The maximum atomic E-state index is 12.5. The highest BCUT2D eigenvalue weighted by Gasteiger charge is 2.29. The summed E-state index contributed by atoms with van der Waals surface area (Å²) in [6.45, 7) is 0.521. The predicted octanol–water partition coefficient (Wildman–Crippen LogP) is 2.47. The number of piperidine rings is 1. The van der Waals surface area contributed by atoms with Crippen LogP contribution in [0.3, 0.4) is 0 Å². The molecule has 0 aliphatic carbocycles. The number of rotatable bonds is 6. The Morgan fingerprint density at radius 1 is 1.21 bits per heavy atom. The van der Waals surface area contributed by atoms with Crippen LogP contribution in [-0.4, -0.2) is 59.4 Å². The van der Waals surface area contributed by atoms with Gasteiger partial charge in [-0.2, -0.15) is 0 Å². The van der Waals surface area contributed by atoms with Crippen LogP contribution < -0.4 is 4.74 Å². The van der Waals surface area contributed by atoms with Crippen LogP contribution >= 0.6 is 0 Å². The Labute approximate surface area is 162 Å². The van der Waals surface area contributed by atoms with Gasteiger partial charge in [0.2, 0.25) is 5.91 Å². The van der Waals surface area contributed by atoms with Crippen molar-refractivity contribution in [1.29, 1.82) is 0 Å². The lowest BCUT2D eigenvalue weighted by Crippen LogP contribution is -2.46. The maximum absolute atomic E-state index is 12.5. The number of hydrogen-bond donors (Lipinski definition) is 1. The van der Waals surface area contributed by atoms with Crippen molar-refractivity contribution in [2.24, 2.45) is 5.92 Å². The molecule has 2 heterocycles. The monoisotopic (exact) mass is 386 g/mol. The maximum Gasteiger partial charge on any atom is 0.308 e. The molecule has 1 aliphatic rings. The predicted molar refractivity (Wildman–Crippen MR) is 99.1 cm³/mol. The molecule has 0 saturated carbocycles. The quantitative estimate of drug-likeness (QED) is 0.819. The lowest BCUT2D eigenvalue weighted by atomic mass is 9.98. The fourth-order valence-corrected chi connectivity index (χ4v) is 3.06. The highest BCUT2D eigenvalue weighted by molar-refractivity contribution is 5.94. The van der Waals surface area contributed by atoms with E-state index in [1.807, 2.05) is 18.2 Å². The van der Waals surface area contributed by atoms with Crippen molar-refractivity contribution in [1.82, 2.24) is 9.80 Å². The van der Waals surface area contributed by atoms with Crippen molar-refractivity contribution >= 4 is 17.8 Å². The number of likely N-dealkylation sites (tertiary alicyclic amines) is 1. The number of carbonyl (C=O) groups excluding carboxylic acids is 2. The summed E-state index contributed by atoms with van der Waals surface area (Å²) in [5, 5.41) is 9.14. The van der Waals surface area contributed by atoms with E-state index in [0.717, 1.165) is 0 Å². The van der Waals surface area contributed by atoms with Crippen LogP contribution in [0.25, 0.3) is 0 Å². The van der Waals surface area contributed by atoms with E-state index in [4.69, 9.17) is 14.3 Å². The van der Waals surface area contributed by atoms with Crippen LogP contribution in [0.1, 0.15) is 23.4 Å². The first-order valence-electron chi connectivity index (χ1n) is 9.03. The molecule has 2 aromatic rings. The second kappa shape index (κ2) is 8.60. The largest absolute Gasteiger partial charge is 0.481 e. The van der Waals surface area contributed by atoms with E-state index in [1.165, 1.54) is 29.0 Å². The smallest absolute Gasteiger partial charge is 0.308 e. The average molecular weight is 386 g/mol. The molecule has 1 fully saturated rings. The minimum absolute atomic E-state index is 0.0586. The molecule has 0 spiro atoms. The Hall–Kier alpha value is -3.29. The third-order valence-electron chi connectivity index (χ3n) is 4.60. The summed E-state index contributed by atoms with van der Waals surface area (Å²) in [5.41, 5.74) is 0. The number of amides is 2. The van der Waals surface area contributed by atoms with Crippen LogP contribution in [0, 0.1) is 5.92 Å². The number of carboxylic acid groups (broad SMARTS) is 1. The van der Waals surface area contributed by atoms with Crippen LogP contribution in [0.4, 0.5) is 0 Å². The SMILES string of the molecule is CN(CC(=O)N1CCCC(C(=O)O)C1)C(=O)c1ccc(Oc2ccccc2)o1. The molecule has 0 radical (unpaired) electrons. The van der Waals surface area contributed by atoms with Crippen LogP contribution in [-0.2, 0) is 9.59 Å². The number of furan rings is 1. The average Bonchev–Trinajstić information content (AvgIpc) is 3.16. The zero-order valence-corrected chi connectivity index (χ0v) is 15.5. The van der Waals surface area contributed by atoms with Gasteiger partial charge in [-0.1, -0.05) is 18.2 Å². The summed E-state index contributed by atoms with van der Waals surface area (Å²) < 4.78 is 11.0. The first-order chi connectivity index (χ1) is 13.4. The van der Waals surface area contributed by atoms with Crippen molar-refractivity contribution in [2.75, 3.05) is 26.7 Å². The molecule has 8 nitrogen and oxygen atoms in total. The molecule has 0 bridgehead atoms. The molecule has 8 heteroatoms. The molecule has 1 unspecified atom stereocenters. The molecule has 1 N–H and O–H groups in total. The normalized spacial score (nSPS) is 16.5. The number of carboxylic acids is 1. The minimum atomic E-state index is -0.900. The third kappa shape index (κ3) is 4.70. The van der Waals surface area contributed by atoms with Gasteiger partial charge in [0.05, 0.1) is 12.5 Å². The highest BCUT2D eigenvalue weighted by atomic mass is 16.6. The first-order valence-corrected chi connectivity index (χ1v) is 9.03. The highest BCUT2D eigenvalue weighted by Crippen LogP contribution is 2.24. The summed E-state index contributed by atoms with van der Waals surface area (Å²) in [4.78, 5) is 38.8. The zero-order valence-electron chi connectivity index (χ0n) is 15.5. The fourth-order valence-electron chi connectivity index (χ4n) is 3.06. The lowest BCUT2D eigenvalue weighted by Gasteiger charge is -2.31. The molecule has 1 atom stereocenters. The van der Waals surface area contributed by atoms with Crippen molar-refractivity contribution in [3.05, 3.63) is 48.2 Å². The van der Waals surface area contributed by atoms with E-state index in [0.29, 0.717) is 25.1 Å². The summed E-state index contributed by atoms with van der Waals surface area (Å²) in [6.07, 6.45) is 1.20. The van der Waals surface area contributed by atoms with E-state index in [1.54, 1.807) is 12.1 Å². The molecule has 3 rings (SSSR count). The Morgan fingerprint density at radius 3 is 2.68 bits per heavy atom. The van der Waals surface area contributed by atoms with Gasteiger partial charge in [-0.05, 0) is 31.0 Å². The molecule has 2 amide bonds. The van der Waals surface area contributed by atoms with E-state index >= 15 is 0 Å². The number of carbonyl (C=O) groups is 3. The number of hydrogen-bond acceptors (Lipinski definition) is 5. The molecule has 1 aromatic carbocycles. The number of nitrogens with zero attached hydrogens (tertiary/aromatic N) is 2. The Kier molecular flexibility index (Phi) is 5.98. The molecule has 1 saturated heterocycles.